The zero-order valence-electron chi connectivity index (χ0n) is 14.4. The van der Waals surface area contributed by atoms with Crippen molar-refractivity contribution >= 4 is 27.6 Å². The van der Waals surface area contributed by atoms with Gasteiger partial charge < -0.3 is 10.6 Å². The first kappa shape index (κ1) is 19.9. The molecule has 1 atom stereocenters. The van der Waals surface area contributed by atoms with Crippen molar-refractivity contribution in [1.82, 2.24) is 10.3 Å². The van der Waals surface area contributed by atoms with E-state index in [1.165, 1.54) is 18.3 Å². The summed E-state index contributed by atoms with van der Waals surface area (Å²) in [6, 6.07) is 14.1. The number of rotatable bonds is 4. The summed E-state index contributed by atoms with van der Waals surface area (Å²) >= 11 is 3.44. The predicted molar refractivity (Wildman–Crippen MR) is 104 cm³/mol. The normalized spacial score (nSPS) is 12.3. The molecule has 2 amide bonds. The number of alkyl halides is 3. The fourth-order valence-corrected chi connectivity index (χ4v) is 3.16. The summed E-state index contributed by atoms with van der Waals surface area (Å²) in [7, 11) is 0. The van der Waals surface area contributed by atoms with Crippen LogP contribution in [0, 0.1) is 0 Å². The molecule has 1 unspecified atom stereocenters. The molecule has 1 heterocycles. The van der Waals surface area contributed by atoms with E-state index in [0.29, 0.717) is 16.8 Å². The molecular weight excluding hydrogens is 435 g/mol. The molecule has 0 aliphatic carbocycles. The standard InChI is InChI=1S/C20H15BrF3N3O/c21-17-6-2-1-5-16(17)18(13-7-9-14(10-8-13)20(22,23)24)27-19(28)26-15-4-3-11-25-12-15/h1-12,18H,(H2,26,27,28). The van der Waals surface area contributed by atoms with Crippen molar-refractivity contribution in [2.75, 3.05) is 5.32 Å². The first-order chi connectivity index (χ1) is 13.3. The summed E-state index contributed by atoms with van der Waals surface area (Å²) in [6.45, 7) is 0. The van der Waals surface area contributed by atoms with E-state index in [0.717, 1.165) is 16.6 Å². The molecule has 144 valence electrons. The topological polar surface area (TPSA) is 54.0 Å². The Morgan fingerprint density at radius 1 is 1.00 bits per heavy atom. The van der Waals surface area contributed by atoms with Crippen LogP contribution in [0.15, 0.2) is 77.5 Å². The maximum Gasteiger partial charge on any atom is 0.416 e. The van der Waals surface area contributed by atoms with Gasteiger partial charge in [-0.15, -0.1) is 0 Å². The van der Waals surface area contributed by atoms with E-state index in [2.05, 4.69) is 31.5 Å². The van der Waals surface area contributed by atoms with Crippen LogP contribution in [0.4, 0.5) is 23.7 Å². The average molecular weight is 450 g/mol. The number of aromatic nitrogens is 1. The highest BCUT2D eigenvalue weighted by molar-refractivity contribution is 9.10. The highest BCUT2D eigenvalue weighted by Crippen LogP contribution is 2.32. The van der Waals surface area contributed by atoms with Gasteiger partial charge in [0.25, 0.3) is 0 Å². The Labute approximate surface area is 167 Å². The number of anilines is 1. The number of hydrogen-bond donors (Lipinski definition) is 2. The van der Waals surface area contributed by atoms with Gasteiger partial charge in [0.15, 0.2) is 0 Å². The lowest BCUT2D eigenvalue weighted by atomic mass is 9.97. The van der Waals surface area contributed by atoms with Gasteiger partial charge in [-0.2, -0.15) is 13.2 Å². The van der Waals surface area contributed by atoms with Crippen molar-refractivity contribution in [2.45, 2.75) is 12.2 Å². The van der Waals surface area contributed by atoms with Crippen LogP contribution in [-0.4, -0.2) is 11.0 Å². The number of carbonyl (C=O) groups is 1. The highest BCUT2D eigenvalue weighted by Gasteiger charge is 2.30. The lowest BCUT2D eigenvalue weighted by molar-refractivity contribution is -0.137. The predicted octanol–water partition coefficient (Wildman–Crippen LogP) is 5.77. The molecule has 0 aliphatic heterocycles. The quantitative estimate of drug-likeness (QED) is 0.530. The third-order valence-corrected chi connectivity index (χ3v) is 4.70. The van der Waals surface area contributed by atoms with Gasteiger partial charge in [0.05, 0.1) is 23.5 Å². The Balaban J connectivity index is 1.90. The molecular formula is C20H15BrF3N3O. The summed E-state index contributed by atoms with van der Waals surface area (Å²) < 4.78 is 39.3. The fraction of sp³-hybridized carbons (Fsp3) is 0.100. The van der Waals surface area contributed by atoms with E-state index in [4.69, 9.17) is 0 Å². The van der Waals surface area contributed by atoms with E-state index in [1.54, 1.807) is 36.5 Å². The second-order valence-electron chi connectivity index (χ2n) is 5.91. The van der Waals surface area contributed by atoms with Gasteiger partial charge in [0.2, 0.25) is 0 Å². The van der Waals surface area contributed by atoms with Gasteiger partial charge in [-0.3, -0.25) is 4.98 Å². The molecule has 0 fully saturated rings. The lowest BCUT2D eigenvalue weighted by Crippen LogP contribution is -2.33. The summed E-state index contributed by atoms with van der Waals surface area (Å²) in [5, 5.41) is 5.47. The minimum atomic E-state index is -4.42. The van der Waals surface area contributed by atoms with Crippen molar-refractivity contribution in [3.8, 4) is 0 Å². The van der Waals surface area contributed by atoms with Gasteiger partial charge in [0.1, 0.15) is 0 Å². The molecule has 3 aromatic rings. The van der Waals surface area contributed by atoms with Crippen LogP contribution in [0.3, 0.4) is 0 Å². The minimum absolute atomic E-state index is 0.498. The monoisotopic (exact) mass is 449 g/mol. The molecule has 3 rings (SSSR count). The third kappa shape index (κ3) is 4.89. The van der Waals surface area contributed by atoms with Gasteiger partial charge in [-0.1, -0.05) is 46.3 Å². The van der Waals surface area contributed by atoms with Crippen LogP contribution >= 0.6 is 15.9 Å². The Bertz CT molecular complexity index is 947. The van der Waals surface area contributed by atoms with Crippen LogP contribution in [0.25, 0.3) is 0 Å². The zero-order valence-corrected chi connectivity index (χ0v) is 16.0. The molecule has 2 aromatic carbocycles. The van der Waals surface area contributed by atoms with E-state index >= 15 is 0 Å². The molecule has 4 nitrogen and oxygen atoms in total. The van der Waals surface area contributed by atoms with Gasteiger partial charge in [0, 0.05) is 10.7 Å². The highest BCUT2D eigenvalue weighted by atomic mass is 79.9. The summed E-state index contributed by atoms with van der Waals surface area (Å²) in [5.74, 6) is 0. The molecule has 0 radical (unpaired) electrons. The number of nitrogens with zero attached hydrogens (tertiary/aromatic N) is 1. The fourth-order valence-electron chi connectivity index (χ4n) is 2.65. The number of amides is 2. The lowest BCUT2D eigenvalue weighted by Gasteiger charge is -2.22. The van der Waals surface area contributed by atoms with Crippen molar-refractivity contribution in [1.29, 1.82) is 0 Å². The van der Waals surface area contributed by atoms with Crippen molar-refractivity contribution in [3.05, 3.63) is 94.2 Å². The van der Waals surface area contributed by atoms with Crippen LogP contribution < -0.4 is 10.6 Å². The SMILES string of the molecule is O=C(Nc1cccnc1)NC(c1ccc(C(F)(F)F)cc1)c1ccccc1Br. The van der Waals surface area contributed by atoms with Crippen LogP contribution in [0.5, 0.6) is 0 Å². The molecule has 0 bridgehead atoms. The molecule has 2 N–H and O–H groups in total. The Kier molecular flexibility index (Phi) is 5.99. The summed E-state index contributed by atoms with van der Waals surface area (Å²) in [5.41, 5.74) is 0.977. The largest absolute Gasteiger partial charge is 0.416 e. The second-order valence-corrected chi connectivity index (χ2v) is 6.77. The number of halogens is 4. The number of urea groups is 1. The first-order valence-corrected chi connectivity index (χ1v) is 9.03. The van der Waals surface area contributed by atoms with E-state index < -0.39 is 23.8 Å². The Morgan fingerprint density at radius 3 is 2.32 bits per heavy atom. The van der Waals surface area contributed by atoms with Crippen LogP contribution in [-0.2, 0) is 6.18 Å². The van der Waals surface area contributed by atoms with Crippen LogP contribution in [0.1, 0.15) is 22.7 Å². The van der Waals surface area contributed by atoms with Crippen molar-refractivity contribution < 1.29 is 18.0 Å². The molecule has 28 heavy (non-hydrogen) atoms. The summed E-state index contributed by atoms with van der Waals surface area (Å²) in [6.07, 6.45) is -1.35. The van der Waals surface area contributed by atoms with E-state index in [1.807, 2.05) is 6.07 Å². The summed E-state index contributed by atoms with van der Waals surface area (Å²) in [4.78, 5) is 16.4. The number of pyridine rings is 1. The van der Waals surface area contributed by atoms with Gasteiger partial charge in [-0.05, 0) is 41.5 Å². The maximum atomic E-state index is 12.9. The number of hydrogen-bond acceptors (Lipinski definition) is 2. The molecule has 0 aliphatic rings. The molecule has 0 saturated heterocycles. The van der Waals surface area contributed by atoms with Crippen molar-refractivity contribution in [3.63, 3.8) is 0 Å². The molecule has 0 saturated carbocycles. The van der Waals surface area contributed by atoms with Crippen LogP contribution in [0.2, 0.25) is 0 Å². The number of carbonyl (C=O) groups excluding carboxylic acids is 1. The molecule has 1 aromatic heterocycles. The zero-order chi connectivity index (χ0) is 20.1. The Morgan fingerprint density at radius 2 is 1.71 bits per heavy atom. The van der Waals surface area contributed by atoms with E-state index in [-0.39, 0.29) is 0 Å². The third-order valence-electron chi connectivity index (χ3n) is 3.98. The first-order valence-electron chi connectivity index (χ1n) is 8.24. The number of nitrogens with one attached hydrogen (secondary N) is 2. The van der Waals surface area contributed by atoms with E-state index in [9.17, 15) is 18.0 Å². The second kappa shape index (κ2) is 8.43. The number of benzene rings is 2. The van der Waals surface area contributed by atoms with Gasteiger partial charge >= 0.3 is 12.2 Å². The minimum Gasteiger partial charge on any atom is -0.327 e. The molecule has 0 spiro atoms. The van der Waals surface area contributed by atoms with Crippen molar-refractivity contribution in [2.24, 2.45) is 0 Å². The molecule has 8 heteroatoms. The van der Waals surface area contributed by atoms with Gasteiger partial charge in [-0.25, -0.2) is 4.79 Å². The maximum absolute atomic E-state index is 12.9. The smallest absolute Gasteiger partial charge is 0.327 e. The average Bonchev–Trinajstić information content (AvgIpc) is 2.67. The Hall–Kier alpha value is -2.87.